The van der Waals surface area contributed by atoms with Crippen LogP contribution in [0.3, 0.4) is 0 Å². The number of benzene rings is 1. The molecule has 23 heavy (non-hydrogen) atoms. The lowest BCUT2D eigenvalue weighted by atomic mass is 10.1. The Balaban J connectivity index is 2.07. The first kappa shape index (κ1) is 15.5. The Hall–Kier alpha value is -2.43. The summed E-state index contributed by atoms with van der Waals surface area (Å²) in [6, 6.07) is 4.92. The molecule has 0 unspecified atom stereocenters. The maximum atomic E-state index is 13.9. The second-order valence-electron chi connectivity index (χ2n) is 4.81. The van der Waals surface area contributed by atoms with Crippen LogP contribution in [0.4, 0.5) is 9.39 Å². The number of nitrogens with zero attached hydrogens (tertiary/aromatic N) is 3. The van der Waals surface area contributed by atoms with Gasteiger partial charge >= 0.3 is 0 Å². The van der Waals surface area contributed by atoms with Crippen LogP contribution in [0.5, 0.6) is 0 Å². The van der Waals surface area contributed by atoms with E-state index in [2.05, 4.69) is 4.37 Å². The summed E-state index contributed by atoms with van der Waals surface area (Å²) in [5, 5.41) is 9.86. The van der Waals surface area contributed by atoms with Gasteiger partial charge in [0.2, 0.25) is 0 Å². The molecule has 116 valence electrons. The highest BCUT2D eigenvalue weighted by Crippen LogP contribution is 2.32. The number of nitriles is 1. The normalized spacial score (nSPS) is 10.7. The predicted molar refractivity (Wildman–Crippen MR) is 85.5 cm³/mol. The largest absolute Gasteiger partial charge is 0.460 e. The minimum atomic E-state index is -0.711. The number of amides is 1. The summed E-state index contributed by atoms with van der Waals surface area (Å²) in [7, 11) is 1.53. The molecule has 0 aliphatic carbocycles. The number of carbonyl (C=O) groups is 1. The van der Waals surface area contributed by atoms with Crippen LogP contribution in [0.1, 0.15) is 21.6 Å². The van der Waals surface area contributed by atoms with Gasteiger partial charge in [-0.25, -0.2) is 4.39 Å². The topological polar surface area (TPSA) is 70.1 Å². The molecule has 0 fully saturated rings. The zero-order valence-corrected chi connectivity index (χ0v) is 13.6. The summed E-state index contributed by atoms with van der Waals surface area (Å²) in [4.78, 5) is 14.0. The summed E-state index contributed by atoms with van der Waals surface area (Å²) >= 11 is 6.76. The third-order valence-corrected chi connectivity index (χ3v) is 4.74. The van der Waals surface area contributed by atoms with E-state index in [1.165, 1.54) is 30.3 Å². The lowest BCUT2D eigenvalue weighted by molar-refractivity contribution is 0.0994. The van der Waals surface area contributed by atoms with Crippen molar-refractivity contribution >= 4 is 45.0 Å². The number of hydrogen-bond acceptors (Lipinski definition) is 5. The highest BCUT2D eigenvalue weighted by Gasteiger charge is 2.24. The van der Waals surface area contributed by atoms with E-state index >= 15 is 0 Å². The van der Waals surface area contributed by atoms with Gasteiger partial charge in [-0.2, -0.15) is 9.64 Å². The molecule has 1 amide bonds. The van der Waals surface area contributed by atoms with Gasteiger partial charge in [0, 0.05) is 12.4 Å². The number of fused-ring (bicyclic) bond motifs is 1. The van der Waals surface area contributed by atoms with E-state index in [0.29, 0.717) is 21.6 Å². The van der Waals surface area contributed by atoms with Gasteiger partial charge in [0.1, 0.15) is 22.9 Å². The van der Waals surface area contributed by atoms with Crippen molar-refractivity contribution in [2.24, 2.45) is 0 Å². The van der Waals surface area contributed by atoms with Crippen molar-refractivity contribution in [1.29, 1.82) is 5.26 Å². The quantitative estimate of drug-likeness (QED) is 0.697. The van der Waals surface area contributed by atoms with Crippen LogP contribution in [0, 0.1) is 24.1 Å². The van der Waals surface area contributed by atoms with Crippen molar-refractivity contribution in [1.82, 2.24) is 4.37 Å². The predicted octanol–water partition coefficient (Wildman–Crippen LogP) is 4.14. The van der Waals surface area contributed by atoms with Gasteiger partial charge < -0.3 is 9.32 Å². The molecular formula is C15H9ClFN3O2S. The third kappa shape index (κ3) is 2.36. The second-order valence-corrected chi connectivity index (χ2v) is 5.97. The van der Waals surface area contributed by atoms with Crippen LogP contribution in [-0.2, 0) is 0 Å². The Morgan fingerprint density at radius 1 is 1.52 bits per heavy atom. The van der Waals surface area contributed by atoms with Gasteiger partial charge in [-0.1, -0.05) is 11.6 Å². The molecule has 0 spiro atoms. The number of hydrogen-bond donors (Lipinski definition) is 0. The van der Waals surface area contributed by atoms with Crippen LogP contribution in [-0.4, -0.2) is 17.3 Å². The van der Waals surface area contributed by atoms with E-state index in [0.717, 1.165) is 11.5 Å². The number of furan rings is 1. The average Bonchev–Trinajstić information content (AvgIpc) is 3.13. The molecule has 2 heterocycles. The molecule has 0 aliphatic heterocycles. The minimum Gasteiger partial charge on any atom is -0.460 e. The van der Waals surface area contributed by atoms with Crippen LogP contribution in [0.15, 0.2) is 22.8 Å². The SMILES string of the molecule is Cc1nsc(N(C)C(=O)c2coc3c(F)c(Cl)ccc23)c1C#N. The Bertz CT molecular complexity index is 973. The van der Waals surface area contributed by atoms with Gasteiger partial charge in [-0.15, -0.1) is 0 Å². The Morgan fingerprint density at radius 3 is 2.96 bits per heavy atom. The number of anilines is 1. The molecule has 0 bridgehead atoms. The smallest absolute Gasteiger partial charge is 0.262 e. The van der Waals surface area contributed by atoms with Gasteiger partial charge in [0.15, 0.2) is 11.4 Å². The number of rotatable bonds is 2. The minimum absolute atomic E-state index is 0.0739. The van der Waals surface area contributed by atoms with Gasteiger partial charge in [-0.3, -0.25) is 4.79 Å². The lowest BCUT2D eigenvalue weighted by Gasteiger charge is -2.14. The Morgan fingerprint density at radius 2 is 2.26 bits per heavy atom. The fourth-order valence-electron chi connectivity index (χ4n) is 2.19. The highest BCUT2D eigenvalue weighted by molar-refractivity contribution is 7.10. The van der Waals surface area contributed by atoms with E-state index < -0.39 is 11.7 Å². The first-order valence-corrected chi connectivity index (χ1v) is 7.60. The number of carbonyl (C=O) groups excluding carboxylic acids is 1. The molecule has 0 atom stereocenters. The zero-order chi connectivity index (χ0) is 16.7. The van der Waals surface area contributed by atoms with Crippen LogP contribution < -0.4 is 4.90 Å². The molecule has 3 rings (SSSR count). The summed E-state index contributed by atoms with van der Waals surface area (Å²) in [6.45, 7) is 1.70. The highest BCUT2D eigenvalue weighted by atomic mass is 35.5. The van der Waals surface area contributed by atoms with E-state index in [1.807, 2.05) is 6.07 Å². The molecule has 5 nitrogen and oxygen atoms in total. The summed E-state index contributed by atoms with van der Waals surface area (Å²) in [5.41, 5.74) is 1.01. The Labute approximate surface area is 139 Å². The fourth-order valence-corrected chi connectivity index (χ4v) is 3.15. The van der Waals surface area contributed by atoms with Gasteiger partial charge in [0.05, 0.1) is 16.3 Å². The van der Waals surface area contributed by atoms with E-state index in [4.69, 9.17) is 16.0 Å². The standard InChI is InChI=1S/C15H9ClFN3O2S/c1-7-9(5-18)15(23-19-7)20(2)14(21)10-6-22-13-8(10)3-4-11(16)12(13)17/h3-4,6H,1-2H3. The third-order valence-electron chi connectivity index (χ3n) is 3.43. The van der Waals surface area contributed by atoms with Crippen LogP contribution in [0.25, 0.3) is 11.0 Å². The molecule has 0 saturated heterocycles. The van der Waals surface area contributed by atoms with E-state index in [1.54, 1.807) is 6.92 Å². The Kier molecular flexibility index (Phi) is 3.80. The lowest BCUT2D eigenvalue weighted by Crippen LogP contribution is -2.25. The monoisotopic (exact) mass is 349 g/mol. The fraction of sp³-hybridized carbons (Fsp3) is 0.133. The van der Waals surface area contributed by atoms with Crippen molar-refractivity contribution in [2.75, 3.05) is 11.9 Å². The van der Waals surface area contributed by atoms with Crippen molar-refractivity contribution < 1.29 is 13.6 Å². The van der Waals surface area contributed by atoms with Crippen molar-refractivity contribution in [3.05, 3.63) is 46.1 Å². The summed E-state index contributed by atoms with van der Waals surface area (Å²) < 4.78 is 23.1. The first-order chi connectivity index (χ1) is 11.0. The van der Waals surface area contributed by atoms with Crippen LogP contribution >= 0.6 is 23.1 Å². The van der Waals surface area contributed by atoms with E-state index in [9.17, 15) is 14.4 Å². The van der Waals surface area contributed by atoms with Crippen LogP contribution in [0.2, 0.25) is 5.02 Å². The molecule has 0 saturated carbocycles. The summed E-state index contributed by atoms with van der Waals surface area (Å²) in [6.07, 6.45) is 1.18. The van der Waals surface area contributed by atoms with Crippen molar-refractivity contribution in [3.8, 4) is 6.07 Å². The maximum absolute atomic E-state index is 13.9. The molecule has 2 aromatic heterocycles. The van der Waals surface area contributed by atoms with Gasteiger partial charge in [-0.05, 0) is 30.6 Å². The molecule has 8 heteroatoms. The number of aromatic nitrogens is 1. The maximum Gasteiger partial charge on any atom is 0.262 e. The second kappa shape index (κ2) is 5.65. The first-order valence-electron chi connectivity index (χ1n) is 6.45. The molecule has 0 radical (unpaired) electrons. The molecule has 1 aromatic carbocycles. The van der Waals surface area contributed by atoms with Gasteiger partial charge in [0.25, 0.3) is 5.91 Å². The average molecular weight is 350 g/mol. The summed E-state index contributed by atoms with van der Waals surface area (Å²) in [5.74, 6) is -1.14. The number of aryl methyl sites for hydroxylation is 1. The van der Waals surface area contributed by atoms with Crippen molar-refractivity contribution in [3.63, 3.8) is 0 Å². The zero-order valence-electron chi connectivity index (χ0n) is 12.1. The van der Waals surface area contributed by atoms with E-state index in [-0.39, 0.29) is 16.2 Å². The molecule has 0 aliphatic rings. The van der Waals surface area contributed by atoms with Crippen molar-refractivity contribution in [2.45, 2.75) is 6.92 Å². The number of halogens is 2. The molecular weight excluding hydrogens is 341 g/mol. The molecule has 3 aromatic rings. The molecule has 0 N–H and O–H groups in total.